The zero-order chi connectivity index (χ0) is 26.3. The molecule has 0 fully saturated rings. The summed E-state index contributed by atoms with van der Waals surface area (Å²) >= 11 is 3.06. The molecule has 4 rings (SSSR count). The van der Waals surface area contributed by atoms with Gasteiger partial charge in [-0.05, 0) is 41.3 Å². The predicted octanol–water partition coefficient (Wildman–Crippen LogP) is 6.50. The molecule has 0 spiro atoms. The standard InChI is InChI=1S/C21H23NO.C9H8BrNO2/c1-4-21(2,3)20(23)22-15-18-11-6-5-9-16(18)13-14-17-10-7-8-12-19(17)22;10-5-8(12)6-1-3-7(4-2-6)9(11)13/h5-14H,4,15H2,1-3H3;1-4H,5H2,(H2,11,13)/b14-13-;. The Bertz CT molecular complexity index is 1280. The Kier molecular flexibility index (Phi) is 8.99. The Morgan fingerprint density at radius 3 is 2.03 bits per heavy atom. The Balaban J connectivity index is 0.000000236. The number of anilines is 1. The van der Waals surface area contributed by atoms with Crippen LogP contribution in [0, 0.1) is 5.41 Å². The zero-order valence-corrected chi connectivity index (χ0v) is 22.4. The largest absolute Gasteiger partial charge is 0.366 e. The van der Waals surface area contributed by atoms with E-state index in [1.807, 2.05) is 49.1 Å². The highest BCUT2D eigenvalue weighted by molar-refractivity contribution is 9.09. The lowest BCUT2D eigenvalue weighted by Gasteiger charge is -2.33. The molecular weight excluding hydrogens is 516 g/mol. The molecule has 0 atom stereocenters. The quantitative estimate of drug-likeness (QED) is 0.292. The maximum absolute atomic E-state index is 13.2. The lowest BCUT2D eigenvalue weighted by molar-refractivity contribution is -0.126. The van der Waals surface area contributed by atoms with Crippen molar-refractivity contribution in [1.29, 1.82) is 0 Å². The van der Waals surface area contributed by atoms with Crippen molar-refractivity contribution in [2.24, 2.45) is 11.1 Å². The van der Waals surface area contributed by atoms with Crippen molar-refractivity contribution < 1.29 is 14.4 Å². The van der Waals surface area contributed by atoms with Crippen LogP contribution in [0.5, 0.6) is 0 Å². The van der Waals surface area contributed by atoms with Gasteiger partial charge < -0.3 is 10.6 Å². The molecule has 0 saturated carbocycles. The summed E-state index contributed by atoms with van der Waals surface area (Å²) in [6, 6.07) is 22.7. The van der Waals surface area contributed by atoms with E-state index in [-0.39, 0.29) is 22.4 Å². The van der Waals surface area contributed by atoms with Crippen LogP contribution in [0.1, 0.15) is 64.6 Å². The number of ketones is 1. The number of rotatable bonds is 5. The highest BCUT2D eigenvalue weighted by Gasteiger charge is 2.32. The topological polar surface area (TPSA) is 80.5 Å². The minimum atomic E-state index is -0.488. The summed E-state index contributed by atoms with van der Waals surface area (Å²) in [5, 5.41) is 0.281. The van der Waals surface area contributed by atoms with Crippen LogP contribution in [0.4, 0.5) is 5.69 Å². The minimum absolute atomic E-state index is 0.0176. The van der Waals surface area contributed by atoms with Crippen molar-refractivity contribution in [3.8, 4) is 0 Å². The van der Waals surface area contributed by atoms with E-state index in [1.165, 1.54) is 23.3 Å². The number of fused-ring (bicyclic) bond motifs is 2. The molecule has 2 N–H and O–H groups in total. The molecular formula is C30H31BrN2O3. The number of hydrogen-bond donors (Lipinski definition) is 1. The first-order valence-electron chi connectivity index (χ1n) is 11.8. The third-order valence-corrected chi connectivity index (χ3v) is 6.88. The molecule has 0 aliphatic carbocycles. The minimum Gasteiger partial charge on any atom is -0.366 e. The van der Waals surface area contributed by atoms with Crippen LogP contribution in [0.3, 0.4) is 0 Å². The van der Waals surface area contributed by atoms with Crippen molar-refractivity contribution in [3.63, 3.8) is 0 Å². The summed E-state index contributed by atoms with van der Waals surface area (Å²) in [6.45, 7) is 6.73. The van der Waals surface area contributed by atoms with E-state index in [2.05, 4.69) is 53.2 Å². The molecule has 1 heterocycles. The van der Waals surface area contributed by atoms with E-state index in [9.17, 15) is 14.4 Å². The molecule has 1 aliphatic rings. The van der Waals surface area contributed by atoms with Crippen LogP contribution in [-0.2, 0) is 11.3 Å². The maximum atomic E-state index is 13.2. The van der Waals surface area contributed by atoms with Gasteiger partial charge in [0.15, 0.2) is 5.78 Å². The van der Waals surface area contributed by atoms with Gasteiger partial charge in [0, 0.05) is 16.5 Å². The molecule has 0 unspecified atom stereocenters. The molecule has 1 aliphatic heterocycles. The number of carbonyl (C=O) groups excluding carboxylic acids is 3. The maximum Gasteiger partial charge on any atom is 0.248 e. The number of amides is 2. The first-order chi connectivity index (χ1) is 17.2. The van der Waals surface area contributed by atoms with Gasteiger partial charge in [0.1, 0.15) is 0 Å². The molecule has 0 radical (unpaired) electrons. The molecule has 2 amide bonds. The number of halogens is 1. The number of primary amides is 1. The second-order valence-corrected chi connectivity index (χ2v) is 9.78. The summed E-state index contributed by atoms with van der Waals surface area (Å²) in [6.07, 6.45) is 5.06. The molecule has 5 nitrogen and oxygen atoms in total. The molecule has 3 aromatic carbocycles. The van der Waals surface area contributed by atoms with Crippen LogP contribution in [0.2, 0.25) is 0 Å². The number of para-hydroxylation sites is 1. The third-order valence-electron chi connectivity index (χ3n) is 6.37. The fraction of sp³-hybridized carbons (Fsp3) is 0.233. The van der Waals surface area contributed by atoms with Gasteiger partial charge in [-0.25, -0.2) is 0 Å². The van der Waals surface area contributed by atoms with Gasteiger partial charge in [0.2, 0.25) is 11.8 Å². The van der Waals surface area contributed by atoms with Gasteiger partial charge in [-0.3, -0.25) is 14.4 Å². The van der Waals surface area contributed by atoms with E-state index in [0.717, 1.165) is 17.7 Å². The normalized spacial score (nSPS) is 13.2. The summed E-state index contributed by atoms with van der Waals surface area (Å²) in [5.74, 6) is -0.327. The molecule has 0 bridgehead atoms. The van der Waals surface area contributed by atoms with E-state index in [1.54, 1.807) is 12.1 Å². The van der Waals surface area contributed by atoms with Gasteiger partial charge in [-0.15, -0.1) is 0 Å². The zero-order valence-electron chi connectivity index (χ0n) is 20.8. The second kappa shape index (κ2) is 12.0. The van der Waals surface area contributed by atoms with Gasteiger partial charge >= 0.3 is 0 Å². The van der Waals surface area contributed by atoms with Crippen molar-refractivity contribution >= 4 is 51.4 Å². The van der Waals surface area contributed by atoms with E-state index in [0.29, 0.717) is 17.7 Å². The number of nitrogens with two attached hydrogens (primary N) is 1. The number of carbonyl (C=O) groups is 3. The highest BCUT2D eigenvalue weighted by atomic mass is 79.9. The van der Waals surface area contributed by atoms with Crippen LogP contribution in [0.25, 0.3) is 12.2 Å². The lowest BCUT2D eigenvalue weighted by atomic mass is 9.87. The first kappa shape index (κ1) is 27.1. The lowest BCUT2D eigenvalue weighted by Crippen LogP contribution is -2.41. The van der Waals surface area contributed by atoms with Crippen LogP contribution < -0.4 is 10.6 Å². The third kappa shape index (κ3) is 6.38. The molecule has 3 aromatic rings. The molecule has 186 valence electrons. The van der Waals surface area contributed by atoms with Crippen molar-refractivity contribution in [1.82, 2.24) is 0 Å². The van der Waals surface area contributed by atoms with Gasteiger partial charge in [-0.1, -0.05) is 103 Å². The average Bonchev–Trinajstić information content (AvgIpc) is 2.89. The molecule has 0 saturated heterocycles. The second-order valence-electron chi connectivity index (χ2n) is 9.22. The average molecular weight is 547 g/mol. The van der Waals surface area contributed by atoms with Crippen molar-refractivity contribution in [3.05, 3.63) is 101 Å². The molecule has 6 heteroatoms. The van der Waals surface area contributed by atoms with Crippen LogP contribution in [0.15, 0.2) is 72.8 Å². The summed E-state index contributed by atoms with van der Waals surface area (Å²) < 4.78 is 0. The van der Waals surface area contributed by atoms with E-state index in [4.69, 9.17) is 5.73 Å². The van der Waals surface area contributed by atoms with Gasteiger partial charge in [0.05, 0.1) is 17.6 Å². The number of alkyl halides is 1. The number of hydrogen-bond acceptors (Lipinski definition) is 3. The monoisotopic (exact) mass is 546 g/mol. The smallest absolute Gasteiger partial charge is 0.248 e. The molecule has 0 aromatic heterocycles. The summed E-state index contributed by atoms with van der Waals surface area (Å²) in [5.41, 5.74) is 10.1. The number of nitrogens with zero attached hydrogens (tertiary/aromatic N) is 1. The van der Waals surface area contributed by atoms with E-state index >= 15 is 0 Å². The number of benzene rings is 3. The Morgan fingerprint density at radius 1 is 0.861 bits per heavy atom. The fourth-order valence-corrected chi connectivity index (χ4v) is 4.07. The van der Waals surface area contributed by atoms with Crippen LogP contribution in [-0.4, -0.2) is 22.9 Å². The Labute approximate surface area is 221 Å². The van der Waals surface area contributed by atoms with Gasteiger partial charge in [0.25, 0.3) is 0 Å². The highest BCUT2D eigenvalue weighted by Crippen LogP contribution is 2.33. The van der Waals surface area contributed by atoms with Gasteiger partial charge in [-0.2, -0.15) is 0 Å². The first-order valence-corrected chi connectivity index (χ1v) is 13.0. The number of Topliss-reactive ketones (excluding diaryl/α,β-unsaturated/α-hetero) is 1. The fourth-order valence-electron chi connectivity index (χ4n) is 3.75. The van der Waals surface area contributed by atoms with Crippen LogP contribution >= 0.6 is 15.9 Å². The van der Waals surface area contributed by atoms with Crippen molar-refractivity contribution in [2.75, 3.05) is 10.2 Å². The van der Waals surface area contributed by atoms with Crippen molar-refractivity contribution in [2.45, 2.75) is 33.7 Å². The predicted molar refractivity (Wildman–Crippen MR) is 150 cm³/mol. The molecule has 36 heavy (non-hydrogen) atoms. The summed E-state index contributed by atoms with van der Waals surface area (Å²) in [7, 11) is 0. The Hall–Kier alpha value is -3.51. The Morgan fingerprint density at radius 2 is 1.42 bits per heavy atom. The van der Waals surface area contributed by atoms with E-state index < -0.39 is 5.91 Å². The summed E-state index contributed by atoms with van der Waals surface area (Å²) in [4.78, 5) is 36.9. The SMILES string of the molecule is CCC(C)(C)C(=O)N1Cc2ccccc2/C=C\c2ccccc21.NC(=O)c1ccc(C(=O)CBr)cc1.